The number of nitrogens with zero attached hydrogens (tertiary/aromatic N) is 2. The highest BCUT2D eigenvalue weighted by Crippen LogP contribution is 2.33. The minimum atomic E-state index is -4.92. The molecule has 0 unspecified atom stereocenters. The molecule has 0 aliphatic rings. The fraction of sp³-hybridized carbons (Fsp3) is 0.125. The molecule has 4 rings (SSSR count). The van der Waals surface area contributed by atoms with Crippen LogP contribution in [-0.4, -0.2) is 15.5 Å². The van der Waals surface area contributed by atoms with Crippen molar-refractivity contribution in [3.8, 4) is 0 Å². The van der Waals surface area contributed by atoms with Crippen LogP contribution in [0.3, 0.4) is 0 Å². The molecule has 0 fully saturated rings. The molecule has 0 aliphatic carbocycles. The van der Waals surface area contributed by atoms with Crippen LogP contribution >= 0.6 is 0 Å². The van der Waals surface area contributed by atoms with Crippen molar-refractivity contribution in [2.24, 2.45) is 7.05 Å². The van der Waals surface area contributed by atoms with Gasteiger partial charge in [0.25, 0.3) is 11.5 Å². The summed E-state index contributed by atoms with van der Waals surface area (Å²) in [5.41, 5.74) is 0.293. The largest absolute Gasteiger partial charge is 0.419 e. The first-order valence-corrected chi connectivity index (χ1v) is 10.0. The molecule has 0 saturated heterocycles. The number of amides is 1. The first-order valence-electron chi connectivity index (χ1n) is 10.0. The van der Waals surface area contributed by atoms with Crippen LogP contribution in [0.2, 0.25) is 0 Å². The Morgan fingerprint density at radius 1 is 1.03 bits per heavy atom. The van der Waals surface area contributed by atoms with Gasteiger partial charge in [-0.1, -0.05) is 12.1 Å². The van der Waals surface area contributed by atoms with E-state index in [2.05, 4.69) is 15.6 Å². The Balaban J connectivity index is 1.61. The number of aromatic nitrogens is 2. The number of alkyl halides is 3. The number of carbonyl (C=O) groups is 1. The highest BCUT2D eigenvalue weighted by Gasteiger charge is 2.35. The minimum absolute atomic E-state index is 0.213. The molecule has 0 bridgehead atoms. The van der Waals surface area contributed by atoms with Crippen molar-refractivity contribution in [1.29, 1.82) is 0 Å². The van der Waals surface area contributed by atoms with Gasteiger partial charge in [-0.15, -0.1) is 0 Å². The number of benzene rings is 3. The van der Waals surface area contributed by atoms with Crippen LogP contribution in [0.5, 0.6) is 0 Å². The van der Waals surface area contributed by atoms with Crippen LogP contribution in [0.1, 0.15) is 21.5 Å². The zero-order valence-corrected chi connectivity index (χ0v) is 18.0. The van der Waals surface area contributed by atoms with Crippen LogP contribution in [-0.2, 0) is 13.2 Å². The van der Waals surface area contributed by atoms with E-state index in [4.69, 9.17) is 0 Å². The zero-order chi connectivity index (χ0) is 24.6. The summed E-state index contributed by atoms with van der Waals surface area (Å²) in [6.45, 7) is 1.81. The van der Waals surface area contributed by atoms with Gasteiger partial charge < -0.3 is 15.2 Å². The van der Waals surface area contributed by atoms with Gasteiger partial charge in [-0.3, -0.25) is 9.59 Å². The zero-order valence-electron chi connectivity index (χ0n) is 18.0. The number of anilines is 3. The van der Waals surface area contributed by atoms with Crippen molar-refractivity contribution in [2.45, 2.75) is 13.1 Å². The highest BCUT2D eigenvalue weighted by molar-refractivity contribution is 6.05. The Morgan fingerprint density at radius 3 is 2.50 bits per heavy atom. The normalized spacial score (nSPS) is 11.5. The summed E-state index contributed by atoms with van der Waals surface area (Å²) in [6, 6.07) is 12.4. The standard InChI is InChI=1S/C24H18F4N4O2/c1-13-6-7-15(31-22(33)16-4-3-5-18(21(16)25)24(26,27)28)11-20(13)30-14-8-9-19-17(10-14)23(34)32(2)12-29-19/h3-12,30H,1-2H3,(H,31,33). The Morgan fingerprint density at radius 2 is 1.76 bits per heavy atom. The maximum Gasteiger partial charge on any atom is 0.419 e. The average Bonchev–Trinajstić information content (AvgIpc) is 2.78. The van der Waals surface area contributed by atoms with Crippen molar-refractivity contribution in [1.82, 2.24) is 9.55 Å². The molecule has 1 amide bonds. The summed E-state index contributed by atoms with van der Waals surface area (Å²) >= 11 is 0. The van der Waals surface area contributed by atoms with Gasteiger partial charge in [-0.25, -0.2) is 9.37 Å². The van der Waals surface area contributed by atoms with Crippen molar-refractivity contribution >= 4 is 33.9 Å². The second-order valence-electron chi connectivity index (χ2n) is 7.67. The van der Waals surface area contributed by atoms with E-state index in [1.54, 1.807) is 43.4 Å². The Labute approximate surface area is 190 Å². The molecular formula is C24H18F4N4O2. The highest BCUT2D eigenvalue weighted by atomic mass is 19.4. The number of fused-ring (bicyclic) bond motifs is 1. The van der Waals surface area contributed by atoms with E-state index in [0.717, 1.165) is 17.7 Å². The topological polar surface area (TPSA) is 76.0 Å². The van der Waals surface area contributed by atoms with Crippen molar-refractivity contribution in [3.05, 3.63) is 93.8 Å². The number of hydrogen-bond acceptors (Lipinski definition) is 4. The van der Waals surface area contributed by atoms with Gasteiger partial charge in [0.1, 0.15) is 5.82 Å². The van der Waals surface area contributed by atoms with E-state index in [1.165, 1.54) is 10.9 Å². The molecule has 6 nitrogen and oxygen atoms in total. The smallest absolute Gasteiger partial charge is 0.355 e. The molecule has 34 heavy (non-hydrogen) atoms. The predicted molar refractivity (Wildman–Crippen MR) is 121 cm³/mol. The molecule has 1 aromatic heterocycles. The molecule has 3 aromatic carbocycles. The molecule has 0 saturated carbocycles. The molecule has 1 heterocycles. The van der Waals surface area contributed by atoms with Gasteiger partial charge in [0.15, 0.2) is 0 Å². The molecule has 4 aromatic rings. The van der Waals surface area contributed by atoms with Gasteiger partial charge in [0, 0.05) is 24.1 Å². The SMILES string of the molecule is Cc1ccc(NC(=O)c2cccc(C(F)(F)F)c2F)cc1Nc1ccc2ncn(C)c(=O)c2c1. The lowest BCUT2D eigenvalue weighted by molar-refractivity contribution is -0.140. The van der Waals surface area contributed by atoms with Crippen LogP contribution in [0, 0.1) is 12.7 Å². The maximum atomic E-state index is 14.3. The van der Waals surface area contributed by atoms with E-state index in [1.807, 2.05) is 6.92 Å². The quantitative estimate of drug-likeness (QED) is 0.392. The van der Waals surface area contributed by atoms with Crippen LogP contribution in [0.15, 0.2) is 65.7 Å². The van der Waals surface area contributed by atoms with Gasteiger partial charge in [-0.2, -0.15) is 13.2 Å². The van der Waals surface area contributed by atoms with Crippen molar-refractivity contribution < 1.29 is 22.4 Å². The fourth-order valence-corrected chi connectivity index (χ4v) is 3.40. The first kappa shape index (κ1) is 23.0. The number of halogens is 4. The lowest BCUT2D eigenvalue weighted by atomic mass is 10.1. The molecule has 10 heteroatoms. The lowest BCUT2D eigenvalue weighted by Crippen LogP contribution is -2.17. The van der Waals surface area contributed by atoms with E-state index >= 15 is 0 Å². The summed E-state index contributed by atoms with van der Waals surface area (Å²) in [7, 11) is 1.60. The second kappa shape index (κ2) is 8.62. The molecule has 0 aliphatic heterocycles. The summed E-state index contributed by atoms with van der Waals surface area (Å²) in [6.07, 6.45) is -3.49. The van der Waals surface area contributed by atoms with E-state index in [9.17, 15) is 27.2 Å². The number of nitrogens with one attached hydrogen (secondary N) is 2. The van der Waals surface area contributed by atoms with E-state index in [-0.39, 0.29) is 11.2 Å². The third kappa shape index (κ3) is 4.47. The summed E-state index contributed by atoms with van der Waals surface area (Å²) in [5, 5.41) is 6.00. The summed E-state index contributed by atoms with van der Waals surface area (Å²) < 4.78 is 54.6. The molecule has 0 radical (unpaired) electrons. The van der Waals surface area contributed by atoms with E-state index < -0.39 is 29.0 Å². The molecule has 174 valence electrons. The third-order valence-corrected chi connectivity index (χ3v) is 5.24. The monoisotopic (exact) mass is 470 g/mol. The van der Waals surface area contributed by atoms with Gasteiger partial charge >= 0.3 is 6.18 Å². The lowest BCUT2D eigenvalue weighted by Gasteiger charge is -2.14. The Hall–Kier alpha value is -4.21. The number of carbonyl (C=O) groups excluding carboxylic acids is 1. The fourth-order valence-electron chi connectivity index (χ4n) is 3.40. The van der Waals surface area contributed by atoms with Crippen LogP contribution in [0.25, 0.3) is 10.9 Å². The third-order valence-electron chi connectivity index (χ3n) is 5.24. The number of hydrogen-bond donors (Lipinski definition) is 2. The summed E-state index contributed by atoms with van der Waals surface area (Å²) in [5.74, 6) is -2.65. The summed E-state index contributed by atoms with van der Waals surface area (Å²) in [4.78, 5) is 29.1. The molecule has 0 spiro atoms. The first-order chi connectivity index (χ1) is 16.0. The predicted octanol–water partition coefficient (Wildman–Crippen LogP) is 5.40. The van der Waals surface area contributed by atoms with Crippen molar-refractivity contribution in [3.63, 3.8) is 0 Å². The van der Waals surface area contributed by atoms with Crippen molar-refractivity contribution in [2.75, 3.05) is 10.6 Å². The van der Waals surface area contributed by atoms with Crippen LogP contribution < -0.4 is 16.2 Å². The van der Waals surface area contributed by atoms with Crippen LogP contribution in [0.4, 0.5) is 34.6 Å². The number of rotatable bonds is 4. The number of aryl methyl sites for hydroxylation is 2. The van der Waals surface area contributed by atoms with Gasteiger partial charge in [-0.05, 0) is 55.0 Å². The Kier molecular flexibility index (Phi) is 5.82. The molecular weight excluding hydrogens is 452 g/mol. The maximum absolute atomic E-state index is 14.3. The average molecular weight is 470 g/mol. The van der Waals surface area contributed by atoms with Gasteiger partial charge in [0.2, 0.25) is 0 Å². The Bertz CT molecular complexity index is 1480. The van der Waals surface area contributed by atoms with E-state index in [0.29, 0.717) is 28.3 Å². The molecule has 2 N–H and O–H groups in total. The molecule has 0 atom stereocenters. The minimum Gasteiger partial charge on any atom is -0.355 e. The second-order valence-corrected chi connectivity index (χ2v) is 7.67. The van der Waals surface area contributed by atoms with Gasteiger partial charge in [0.05, 0.1) is 28.4 Å².